The molecule has 0 aliphatic carbocycles. The summed E-state index contributed by atoms with van der Waals surface area (Å²) in [5, 5.41) is 6.42. The molecule has 1 saturated heterocycles. The van der Waals surface area contributed by atoms with E-state index in [1.54, 1.807) is 24.3 Å². The fraction of sp³-hybridized carbons (Fsp3) is 0.333. The number of para-hydroxylation sites is 1. The second-order valence-corrected chi connectivity index (χ2v) is 7.92. The first-order valence-electron chi connectivity index (χ1n) is 9.23. The lowest BCUT2D eigenvalue weighted by Gasteiger charge is -2.14. The van der Waals surface area contributed by atoms with E-state index in [1.807, 2.05) is 24.3 Å². The van der Waals surface area contributed by atoms with Gasteiger partial charge in [0.15, 0.2) is 0 Å². The van der Waals surface area contributed by atoms with E-state index in [-0.39, 0.29) is 23.7 Å². The highest BCUT2D eigenvalue weighted by atomic mass is 35.5. The van der Waals surface area contributed by atoms with Gasteiger partial charge in [0.25, 0.3) is 5.91 Å². The maximum Gasteiger partial charge on any atom is 0.253 e. The maximum absolute atomic E-state index is 12.5. The van der Waals surface area contributed by atoms with Gasteiger partial charge < -0.3 is 15.4 Å². The number of nitrogens with one attached hydrogen (secondary N) is 2. The normalized spacial score (nSPS) is 16.0. The molecule has 0 bridgehead atoms. The monoisotopic (exact) mass is 418 g/mol. The van der Waals surface area contributed by atoms with Crippen LogP contribution in [-0.4, -0.2) is 36.8 Å². The van der Waals surface area contributed by atoms with Crippen LogP contribution >= 0.6 is 23.4 Å². The molecule has 1 atom stereocenters. The summed E-state index contributed by atoms with van der Waals surface area (Å²) in [6, 6.07) is 14.6. The molecule has 7 heteroatoms. The van der Waals surface area contributed by atoms with Crippen LogP contribution in [0.1, 0.15) is 28.8 Å². The fourth-order valence-corrected chi connectivity index (χ4v) is 4.07. The van der Waals surface area contributed by atoms with E-state index in [2.05, 4.69) is 10.6 Å². The van der Waals surface area contributed by atoms with Crippen molar-refractivity contribution in [2.75, 3.05) is 24.2 Å². The number of ether oxygens (including phenoxy) is 1. The third-order valence-electron chi connectivity index (χ3n) is 4.41. The summed E-state index contributed by atoms with van der Waals surface area (Å²) in [4.78, 5) is 24.8. The summed E-state index contributed by atoms with van der Waals surface area (Å²) >= 11 is 7.61. The Morgan fingerprint density at radius 1 is 1.14 bits per heavy atom. The SMILES string of the molecule is O=C(CSCc1ccccc1Cl)Nc1ccccc1C(=O)NCC1CCCO1. The number of thioether (sulfide) groups is 1. The molecular weight excluding hydrogens is 396 g/mol. The Morgan fingerprint density at radius 3 is 2.71 bits per heavy atom. The molecule has 1 fully saturated rings. The molecule has 2 aromatic rings. The minimum Gasteiger partial charge on any atom is -0.376 e. The Bertz CT molecular complexity index is 825. The molecule has 0 radical (unpaired) electrons. The van der Waals surface area contributed by atoms with Crippen LogP contribution in [0.5, 0.6) is 0 Å². The van der Waals surface area contributed by atoms with Gasteiger partial charge in [-0.2, -0.15) is 0 Å². The number of halogens is 1. The fourth-order valence-electron chi connectivity index (χ4n) is 2.95. The van der Waals surface area contributed by atoms with Crippen LogP contribution in [0.4, 0.5) is 5.69 Å². The maximum atomic E-state index is 12.5. The molecule has 3 rings (SSSR count). The van der Waals surface area contributed by atoms with Crippen molar-refractivity contribution < 1.29 is 14.3 Å². The summed E-state index contributed by atoms with van der Waals surface area (Å²) in [6.45, 7) is 1.23. The lowest BCUT2D eigenvalue weighted by Crippen LogP contribution is -2.32. The van der Waals surface area contributed by atoms with Crippen LogP contribution in [-0.2, 0) is 15.3 Å². The largest absolute Gasteiger partial charge is 0.376 e. The number of benzene rings is 2. The van der Waals surface area contributed by atoms with Crippen LogP contribution < -0.4 is 10.6 Å². The first-order valence-corrected chi connectivity index (χ1v) is 10.8. The first kappa shape index (κ1) is 20.7. The lowest BCUT2D eigenvalue weighted by molar-refractivity contribution is -0.113. The van der Waals surface area contributed by atoms with Crippen LogP contribution in [0.15, 0.2) is 48.5 Å². The van der Waals surface area contributed by atoms with Gasteiger partial charge in [-0.3, -0.25) is 9.59 Å². The van der Waals surface area contributed by atoms with Gasteiger partial charge in [-0.1, -0.05) is 41.9 Å². The molecule has 1 aliphatic rings. The molecule has 2 amide bonds. The Hall–Kier alpha value is -2.02. The standard InChI is InChI=1S/C21H23ClN2O3S/c22-18-9-3-1-6-15(18)13-28-14-20(25)24-19-10-4-2-8-17(19)21(26)23-12-16-7-5-11-27-16/h1-4,6,8-10,16H,5,7,11-14H2,(H,23,26)(H,24,25). The third-order valence-corrected chi connectivity index (χ3v) is 5.76. The quantitative estimate of drug-likeness (QED) is 0.676. The number of anilines is 1. The molecule has 1 unspecified atom stereocenters. The predicted molar refractivity (Wildman–Crippen MR) is 114 cm³/mol. The molecule has 0 saturated carbocycles. The average Bonchev–Trinajstić information content (AvgIpc) is 3.22. The van der Waals surface area contributed by atoms with E-state index in [0.29, 0.717) is 28.6 Å². The zero-order valence-electron chi connectivity index (χ0n) is 15.4. The van der Waals surface area contributed by atoms with Gasteiger partial charge in [0.2, 0.25) is 5.91 Å². The molecule has 2 N–H and O–H groups in total. The third kappa shape index (κ3) is 5.99. The summed E-state index contributed by atoms with van der Waals surface area (Å²) in [7, 11) is 0. The summed E-state index contributed by atoms with van der Waals surface area (Å²) in [6.07, 6.45) is 2.06. The number of carbonyl (C=O) groups excluding carboxylic acids is 2. The van der Waals surface area contributed by atoms with Gasteiger partial charge in [0, 0.05) is 23.9 Å². The molecule has 1 heterocycles. The van der Waals surface area contributed by atoms with Gasteiger partial charge in [-0.05, 0) is 36.6 Å². The second-order valence-electron chi connectivity index (χ2n) is 6.52. The van der Waals surface area contributed by atoms with E-state index in [0.717, 1.165) is 25.0 Å². The first-order chi connectivity index (χ1) is 13.6. The van der Waals surface area contributed by atoms with Gasteiger partial charge >= 0.3 is 0 Å². The Labute approximate surface area is 174 Å². The minimum absolute atomic E-state index is 0.0758. The smallest absolute Gasteiger partial charge is 0.253 e. The van der Waals surface area contributed by atoms with Crippen molar-refractivity contribution in [2.45, 2.75) is 24.7 Å². The van der Waals surface area contributed by atoms with Crippen molar-refractivity contribution in [1.82, 2.24) is 5.32 Å². The molecule has 5 nitrogen and oxygen atoms in total. The molecule has 1 aliphatic heterocycles. The van der Waals surface area contributed by atoms with Gasteiger partial charge in [0.1, 0.15) is 0 Å². The van der Waals surface area contributed by atoms with Crippen molar-refractivity contribution in [2.24, 2.45) is 0 Å². The van der Waals surface area contributed by atoms with Crippen LogP contribution in [0.25, 0.3) is 0 Å². The summed E-state index contributed by atoms with van der Waals surface area (Å²) in [5.41, 5.74) is 1.96. The van der Waals surface area contributed by atoms with Gasteiger partial charge in [-0.25, -0.2) is 0 Å². The zero-order chi connectivity index (χ0) is 19.8. The highest BCUT2D eigenvalue weighted by Gasteiger charge is 2.18. The number of hydrogen-bond acceptors (Lipinski definition) is 4. The molecule has 28 heavy (non-hydrogen) atoms. The Morgan fingerprint density at radius 2 is 1.93 bits per heavy atom. The molecule has 0 aromatic heterocycles. The Balaban J connectivity index is 1.51. The zero-order valence-corrected chi connectivity index (χ0v) is 17.0. The number of rotatable bonds is 8. The van der Waals surface area contributed by atoms with Crippen molar-refractivity contribution in [3.8, 4) is 0 Å². The van der Waals surface area contributed by atoms with E-state index < -0.39 is 0 Å². The van der Waals surface area contributed by atoms with Crippen LogP contribution in [0.2, 0.25) is 5.02 Å². The molecular formula is C21H23ClN2O3S. The average molecular weight is 419 g/mol. The van der Waals surface area contributed by atoms with Gasteiger partial charge in [-0.15, -0.1) is 11.8 Å². The van der Waals surface area contributed by atoms with Crippen molar-refractivity contribution in [1.29, 1.82) is 0 Å². The number of hydrogen-bond donors (Lipinski definition) is 2. The number of amides is 2. The predicted octanol–water partition coefficient (Wildman–Crippen LogP) is 4.12. The summed E-state index contributed by atoms with van der Waals surface area (Å²) < 4.78 is 5.53. The molecule has 148 valence electrons. The van der Waals surface area contributed by atoms with Gasteiger partial charge in [0.05, 0.1) is 23.1 Å². The van der Waals surface area contributed by atoms with E-state index in [1.165, 1.54) is 11.8 Å². The van der Waals surface area contributed by atoms with E-state index in [4.69, 9.17) is 16.3 Å². The highest BCUT2D eigenvalue weighted by Crippen LogP contribution is 2.21. The molecule has 2 aromatic carbocycles. The molecule has 0 spiro atoms. The van der Waals surface area contributed by atoms with Crippen LogP contribution in [0, 0.1) is 0 Å². The van der Waals surface area contributed by atoms with E-state index >= 15 is 0 Å². The highest BCUT2D eigenvalue weighted by molar-refractivity contribution is 7.99. The van der Waals surface area contributed by atoms with Crippen molar-refractivity contribution in [3.05, 3.63) is 64.7 Å². The topological polar surface area (TPSA) is 67.4 Å². The lowest BCUT2D eigenvalue weighted by atomic mass is 10.1. The van der Waals surface area contributed by atoms with Crippen LogP contribution in [0.3, 0.4) is 0 Å². The number of carbonyl (C=O) groups is 2. The second kappa shape index (κ2) is 10.5. The summed E-state index contributed by atoms with van der Waals surface area (Å²) in [5.74, 6) is 0.555. The van der Waals surface area contributed by atoms with E-state index in [9.17, 15) is 9.59 Å². The van der Waals surface area contributed by atoms with Crippen molar-refractivity contribution >= 4 is 40.9 Å². The van der Waals surface area contributed by atoms with Crippen molar-refractivity contribution in [3.63, 3.8) is 0 Å². The minimum atomic E-state index is -0.213. The Kier molecular flexibility index (Phi) is 7.77.